The quantitative estimate of drug-likeness (QED) is 0.582. The molecule has 1 amide bonds. The molecule has 0 atom stereocenters. The summed E-state index contributed by atoms with van der Waals surface area (Å²) in [5.74, 6) is 2.07. The number of aromatic nitrogens is 2. The number of ether oxygens (including phenoxy) is 2. The molecule has 168 valence electrons. The van der Waals surface area contributed by atoms with Gasteiger partial charge in [0.05, 0.1) is 18.9 Å². The largest absolute Gasteiger partial charge is 0.497 e. The molecular weight excluding hydrogens is 406 g/mol. The Kier molecular flexibility index (Phi) is 6.73. The van der Waals surface area contributed by atoms with Crippen LogP contribution in [0.15, 0.2) is 59.1 Å². The average molecular weight is 436 g/mol. The molecule has 1 aromatic heterocycles. The summed E-state index contributed by atoms with van der Waals surface area (Å²) >= 11 is 0. The highest BCUT2D eigenvalue weighted by Crippen LogP contribution is 2.44. The zero-order valence-electron chi connectivity index (χ0n) is 18.5. The lowest BCUT2D eigenvalue weighted by Crippen LogP contribution is -2.38. The van der Waals surface area contributed by atoms with E-state index in [2.05, 4.69) is 22.6 Å². The number of rotatable bonds is 7. The van der Waals surface area contributed by atoms with E-state index in [1.54, 1.807) is 7.11 Å². The first-order valence-electron chi connectivity index (χ1n) is 11.1. The molecule has 0 aliphatic heterocycles. The summed E-state index contributed by atoms with van der Waals surface area (Å²) in [5.41, 5.74) is 1.84. The third kappa shape index (κ3) is 4.77. The van der Waals surface area contributed by atoms with Gasteiger partial charge < -0.3 is 19.3 Å². The van der Waals surface area contributed by atoms with E-state index < -0.39 is 0 Å². The van der Waals surface area contributed by atoms with E-state index in [-0.39, 0.29) is 17.6 Å². The van der Waals surface area contributed by atoms with Crippen LogP contribution in [-0.4, -0.2) is 36.0 Å². The highest BCUT2D eigenvalue weighted by molar-refractivity contribution is 5.67. The van der Waals surface area contributed by atoms with E-state index in [4.69, 9.17) is 19.0 Å². The smallest absolute Gasteiger partial charge is 0.407 e. The lowest BCUT2D eigenvalue weighted by Gasteiger charge is -2.38. The zero-order chi connectivity index (χ0) is 22.4. The summed E-state index contributed by atoms with van der Waals surface area (Å²) in [4.78, 5) is 16.7. The first kappa shape index (κ1) is 21.9. The molecule has 1 fully saturated rings. The van der Waals surface area contributed by atoms with Gasteiger partial charge >= 0.3 is 6.09 Å². The van der Waals surface area contributed by atoms with Crippen LogP contribution in [0.3, 0.4) is 0 Å². The molecule has 0 unspecified atom stereocenters. The molecule has 0 spiro atoms. The predicted octanol–water partition coefficient (Wildman–Crippen LogP) is 4.64. The number of alkyl carbamates (subject to hydrolysis) is 1. The highest BCUT2D eigenvalue weighted by atomic mass is 16.6. The number of methoxy groups -OCH3 is 1. The SMILES string of the molecule is CCNC(=O)OC1CCC(c2ccccc2)(c2noc(Cc3cccc(OC)c3)n2)CC1. The Bertz CT molecular complexity index is 1030. The Labute approximate surface area is 188 Å². The first-order valence-corrected chi connectivity index (χ1v) is 11.1. The Hall–Kier alpha value is -3.35. The van der Waals surface area contributed by atoms with Crippen LogP contribution < -0.4 is 10.1 Å². The summed E-state index contributed by atoms with van der Waals surface area (Å²) in [6.07, 6.45) is 3.11. The van der Waals surface area contributed by atoms with Crippen molar-refractivity contribution in [1.29, 1.82) is 0 Å². The summed E-state index contributed by atoms with van der Waals surface area (Å²) in [6, 6.07) is 18.2. The number of carbonyl (C=O) groups is 1. The summed E-state index contributed by atoms with van der Waals surface area (Å²) < 4.78 is 16.6. The van der Waals surface area contributed by atoms with Crippen LogP contribution in [0.1, 0.15) is 55.4 Å². The van der Waals surface area contributed by atoms with E-state index in [9.17, 15) is 4.79 Å². The Morgan fingerprint density at radius 3 is 2.66 bits per heavy atom. The Morgan fingerprint density at radius 2 is 1.94 bits per heavy atom. The minimum Gasteiger partial charge on any atom is -0.497 e. The second kappa shape index (κ2) is 9.85. The summed E-state index contributed by atoms with van der Waals surface area (Å²) in [6.45, 7) is 2.43. The molecular formula is C25H29N3O4. The van der Waals surface area contributed by atoms with Crippen LogP contribution in [-0.2, 0) is 16.6 Å². The van der Waals surface area contributed by atoms with Crippen molar-refractivity contribution in [2.45, 2.75) is 50.5 Å². The highest BCUT2D eigenvalue weighted by Gasteiger charge is 2.43. The predicted molar refractivity (Wildman–Crippen MR) is 120 cm³/mol. The fraction of sp³-hybridized carbons (Fsp3) is 0.400. The van der Waals surface area contributed by atoms with Gasteiger partial charge in [0.25, 0.3) is 0 Å². The molecule has 0 radical (unpaired) electrons. The first-order chi connectivity index (χ1) is 15.6. The topological polar surface area (TPSA) is 86.5 Å². The molecule has 7 heteroatoms. The fourth-order valence-electron chi connectivity index (χ4n) is 4.42. The van der Waals surface area contributed by atoms with Crippen LogP contribution in [0.25, 0.3) is 0 Å². The molecule has 1 aliphatic carbocycles. The van der Waals surface area contributed by atoms with Gasteiger partial charge in [-0.25, -0.2) is 4.79 Å². The van der Waals surface area contributed by atoms with E-state index in [1.807, 2.05) is 49.4 Å². The lowest BCUT2D eigenvalue weighted by molar-refractivity contribution is 0.0618. The van der Waals surface area contributed by atoms with Crippen LogP contribution >= 0.6 is 0 Å². The zero-order valence-corrected chi connectivity index (χ0v) is 18.5. The number of hydrogen-bond acceptors (Lipinski definition) is 6. The minimum atomic E-state index is -0.363. The van der Waals surface area contributed by atoms with Crippen LogP contribution in [0.5, 0.6) is 5.75 Å². The number of nitrogens with one attached hydrogen (secondary N) is 1. The van der Waals surface area contributed by atoms with Gasteiger partial charge in [0, 0.05) is 6.54 Å². The van der Waals surface area contributed by atoms with Gasteiger partial charge in [-0.2, -0.15) is 4.98 Å². The molecule has 1 heterocycles. The van der Waals surface area contributed by atoms with Crippen molar-refractivity contribution < 1.29 is 18.8 Å². The Morgan fingerprint density at radius 1 is 1.16 bits per heavy atom. The van der Waals surface area contributed by atoms with E-state index in [0.717, 1.165) is 42.6 Å². The van der Waals surface area contributed by atoms with Gasteiger partial charge in [-0.3, -0.25) is 0 Å². The van der Waals surface area contributed by atoms with Crippen molar-refractivity contribution in [2.75, 3.05) is 13.7 Å². The van der Waals surface area contributed by atoms with Gasteiger partial charge in [0.15, 0.2) is 5.82 Å². The number of hydrogen-bond donors (Lipinski definition) is 1. The van der Waals surface area contributed by atoms with Crippen molar-refractivity contribution >= 4 is 6.09 Å². The second-order valence-electron chi connectivity index (χ2n) is 8.12. The molecule has 1 N–H and O–H groups in total. The maximum absolute atomic E-state index is 11.9. The fourth-order valence-corrected chi connectivity index (χ4v) is 4.42. The number of benzene rings is 2. The summed E-state index contributed by atoms with van der Waals surface area (Å²) in [5, 5.41) is 7.11. The average Bonchev–Trinajstić information content (AvgIpc) is 3.29. The van der Waals surface area contributed by atoms with Gasteiger partial charge in [-0.05, 0) is 55.9 Å². The number of carbonyl (C=O) groups excluding carboxylic acids is 1. The van der Waals surface area contributed by atoms with Crippen molar-refractivity contribution in [3.63, 3.8) is 0 Å². The van der Waals surface area contributed by atoms with E-state index >= 15 is 0 Å². The number of amides is 1. The van der Waals surface area contributed by atoms with Crippen molar-refractivity contribution in [3.05, 3.63) is 77.4 Å². The lowest BCUT2D eigenvalue weighted by atomic mass is 9.68. The van der Waals surface area contributed by atoms with E-state index in [0.29, 0.717) is 24.7 Å². The second-order valence-corrected chi connectivity index (χ2v) is 8.12. The minimum absolute atomic E-state index is 0.110. The normalized spacial score (nSPS) is 20.5. The molecule has 7 nitrogen and oxygen atoms in total. The molecule has 1 aliphatic rings. The molecule has 2 aromatic carbocycles. The van der Waals surface area contributed by atoms with Crippen molar-refractivity contribution in [3.8, 4) is 5.75 Å². The van der Waals surface area contributed by atoms with Gasteiger partial charge in [0.1, 0.15) is 11.9 Å². The monoisotopic (exact) mass is 435 g/mol. The summed E-state index contributed by atoms with van der Waals surface area (Å²) in [7, 11) is 1.65. The van der Waals surface area contributed by atoms with Crippen molar-refractivity contribution in [1.82, 2.24) is 15.5 Å². The van der Waals surface area contributed by atoms with Crippen LogP contribution in [0, 0.1) is 0 Å². The van der Waals surface area contributed by atoms with Crippen molar-refractivity contribution in [2.24, 2.45) is 0 Å². The Balaban J connectivity index is 1.55. The third-order valence-electron chi connectivity index (χ3n) is 6.09. The maximum Gasteiger partial charge on any atom is 0.407 e. The van der Waals surface area contributed by atoms with Crippen LogP contribution in [0.2, 0.25) is 0 Å². The maximum atomic E-state index is 11.9. The molecule has 4 rings (SSSR count). The van der Waals surface area contributed by atoms with Crippen LogP contribution in [0.4, 0.5) is 4.79 Å². The third-order valence-corrected chi connectivity index (χ3v) is 6.09. The molecule has 0 bridgehead atoms. The molecule has 0 saturated heterocycles. The van der Waals surface area contributed by atoms with E-state index in [1.165, 1.54) is 0 Å². The van der Waals surface area contributed by atoms with Gasteiger partial charge in [-0.15, -0.1) is 0 Å². The van der Waals surface area contributed by atoms with Gasteiger partial charge in [-0.1, -0.05) is 47.6 Å². The molecule has 3 aromatic rings. The van der Waals surface area contributed by atoms with Gasteiger partial charge in [0.2, 0.25) is 5.89 Å². The number of nitrogens with zero attached hydrogens (tertiary/aromatic N) is 2. The standard InChI is InChI=1S/C25H29N3O4/c1-3-26-24(29)31-20-12-14-25(15-13-20,19-9-5-4-6-10-19)23-27-22(32-28-23)17-18-8-7-11-21(16-18)30-2/h4-11,16,20H,3,12-15,17H2,1-2H3,(H,26,29). The molecule has 32 heavy (non-hydrogen) atoms. The molecule has 1 saturated carbocycles.